The fourth-order valence-electron chi connectivity index (χ4n) is 5.00. The van der Waals surface area contributed by atoms with E-state index in [1.807, 2.05) is 37.3 Å². The molecule has 1 aliphatic heterocycles. The summed E-state index contributed by atoms with van der Waals surface area (Å²) in [6, 6.07) is 12.4. The number of pyridine rings is 2. The van der Waals surface area contributed by atoms with Crippen LogP contribution in [0.1, 0.15) is 25.5 Å². The molecule has 0 bridgehead atoms. The Morgan fingerprint density at radius 1 is 1.03 bits per heavy atom. The number of halogens is 1. The van der Waals surface area contributed by atoms with Crippen LogP contribution in [-0.4, -0.2) is 44.3 Å². The van der Waals surface area contributed by atoms with Crippen LogP contribution < -0.4 is 5.32 Å². The number of aromatic amines is 2. The first kappa shape index (κ1) is 24.8. The van der Waals surface area contributed by atoms with Crippen molar-refractivity contribution in [3.63, 3.8) is 0 Å². The SMILES string of the molecule is C=C/C(=C\C(=C/C)c1cc2c(-c3cc4c(-c5ccc(F)cc5)nccc4[nH]3)n[nH]c2cn1)OC1CCNCC1. The van der Waals surface area contributed by atoms with Crippen LogP contribution in [0.2, 0.25) is 0 Å². The molecule has 196 valence electrons. The van der Waals surface area contributed by atoms with Crippen LogP contribution in [0.5, 0.6) is 0 Å². The molecule has 8 heteroatoms. The fourth-order valence-corrected chi connectivity index (χ4v) is 5.00. The molecule has 0 amide bonds. The molecule has 6 rings (SSSR count). The number of H-pyrrole nitrogens is 2. The highest BCUT2D eigenvalue weighted by Crippen LogP contribution is 2.33. The minimum Gasteiger partial charge on any atom is -0.490 e. The van der Waals surface area contributed by atoms with E-state index in [2.05, 4.69) is 37.0 Å². The summed E-state index contributed by atoms with van der Waals surface area (Å²) < 4.78 is 19.7. The van der Waals surface area contributed by atoms with E-state index in [0.29, 0.717) is 0 Å². The van der Waals surface area contributed by atoms with Crippen molar-refractivity contribution in [1.29, 1.82) is 0 Å². The van der Waals surface area contributed by atoms with Gasteiger partial charge in [0.1, 0.15) is 23.4 Å². The fraction of sp³-hybridized carbons (Fsp3) is 0.194. The smallest absolute Gasteiger partial charge is 0.123 e. The van der Waals surface area contributed by atoms with Crippen molar-refractivity contribution in [2.45, 2.75) is 25.9 Å². The van der Waals surface area contributed by atoms with Crippen LogP contribution in [-0.2, 0) is 4.74 Å². The largest absolute Gasteiger partial charge is 0.490 e. The van der Waals surface area contributed by atoms with Crippen LogP contribution in [0.3, 0.4) is 0 Å². The molecule has 0 radical (unpaired) electrons. The van der Waals surface area contributed by atoms with Gasteiger partial charge in [0, 0.05) is 28.0 Å². The Morgan fingerprint density at radius 2 is 1.82 bits per heavy atom. The van der Waals surface area contributed by atoms with Gasteiger partial charge in [0.05, 0.1) is 28.8 Å². The normalized spacial score (nSPS) is 15.2. The second kappa shape index (κ2) is 10.7. The van der Waals surface area contributed by atoms with Crippen molar-refractivity contribution in [2.75, 3.05) is 13.1 Å². The molecule has 3 N–H and O–H groups in total. The average Bonchev–Trinajstić information content (AvgIpc) is 3.60. The van der Waals surface area contributed by atoms with Crippen molar-refractivity contribution >= 4 is 27.4 Å². The lowest BCUT2D eigenvalue weighted by Gasteiger charge is -2.24. The van der Waals surface area contributed by atoms with E-state index in [4.69, 9.17) is 4.74 Å². The van der Waals surface area contributed by atoms with Gasteiger partial charge in [-0.3, -0.25) is 15.1 Å². The monoisotopic (exact) mass is 520 g/mol. The lowest BCUT2D eigenvalue weighted by molar-refractivity contribution is 0.0962. The van der Waals surface area contributed by atoms with Gasteiger partial charge >= 0.3 is 0 Å². The molecule has 0 unspecified atom stereocenters. The topological polar surface area (TPSA) is 91.5 Å². The van der Waals surface area contributed by atoms with Crippen molar-refractivity contribution < 1.29 is 9.13 Å². The molecular formula is C31H29FN6O. The lowest BCUT2D eigenvalue weighted by Crippen LogP contribution is -2.32. The Balaban J connectivity index is 1.36. The Kier molecular flexibility index (Phi) is 6.77. The van der Waals surface area contributed by atoms with Crippen LogP contribution in [0.25, 0.3) is 50.0 Å². The summed E-state index contributed by atoms with van der Waals surface area (Å²) in [6.07, 6.45) is 11.4. The summed E-state index contributed by atoms with van der Waals surface area (Å²) in [7, 11) is 0. The van der Waals surface area contributed by atoms with E-state index < -0.39 is 0 Å². The molecule has 1 fully saturated rings. The Hall–Kier alpha value is -4.56. The van der Waals surface area contributed by atoms with Crippen LogP contribution in [0, 0.1) is 5.82 Å². The van der Waals surface area contributed by atoms with E-state index in [0.717, 1.165) is 87.4 Å². The second-order valence-electron chi connectivity index (χ2n) is 9.56. The van der Waals surface area contributed by atoms with E-state index in [9.17, 15) is 4.39 Å². The number of allylic oxidation sites excluding steroid dienone is 4. The third kappa shape index (κ3) is 4.98. The van der Waals surface area contributed by atoms with Crippen molar-refractivity contribution in [3.05, 3.63) is 96.9 Å². The Bertz CT molecular complexity index is 1710. The first-order valence-corrected chi connectivity index (χ1v) is 13.1. The van der Waals surface area contributed by atoms with Gasteiger partial charge in [-0.15, -0.1) is 0 Å². The molecule has 0 aliphatic carbocycles. The van der Waals surface area contributed by atoms with Gasteiger partial charge in [0.2, 0.25) is 0 Å². The first-order chi connectivity index (χ1) is 19.1. The Labute approximate surface area is 225 Å². The van der Waals surface area contributed by atoms with Gasteiger partial charge in [-0.25, -0.2) is 4.39 Å². The first-order valence-electron chi connectivity index (χ1n) is 13.1. The predicted octanol–water partition coefficient (Wildman–Crippen LogP) is 6.55. The maximum Gasteiger partial charge on any atom is 0.123 e. The van der Waals surface area contributed by atoms with E-state index in [-0.39, 0.29) is 11.9 Å². The third-order valence-electron chi connectivity index (χ3n) is 7.06. The van der Waals surface area contributed by atoms with Crippen LogP contribution in [0.4, 0.5) is 4.39 Å². The molecule has 0 spiro atoms. The maximum atomic E-state index is 13.5. The van der Waals surface area contributed by atoms with Crippen molar-refractivity contribution in [2.24, 2.45) is 0 Å². The van der Waals surface area contributed by atoms with Gasteiger partial charge < -0.3 is 15.0 Å². The molecule has 1 saturated heterocycles. The summed E-state index contributed by atoms with van der Waals surface area (Å²) in [4.78, 5) is 12.7. The zero-order chi connectivity index (χ0) is 26.8. The van der Waals surface area contributed by atoms with Crippen molar-refractivity contribution in [3.8, 4) is 22.6 Å². The number of nitrogens with zero attached hydrogens (tertiary/aromatic N) is 3. The highest BCUT2D eigenvalue weighted by molar-refractivity contribution is 6.00. The minimum atomic E-state index is -0.276. The van der Waals surface area contributed by atoms with Gasteiger partial charge in [-0.1, -0.05) is 12.7 Å². The number of rotatable bonds is 7. The molecule has 0 atom stereocenters. The summed E-state index contributed by atoms with van der Waals surface area (Å²) in [5.41, 5.74) is 6.76. The lowest BCUT2D eigenvalue weighted by atomic mass is 10.1. The predicted molar refractivity (Wildman–Crippen MR) is 153 cm³/mol. The van der Waals surface area contributed by atoms with E-state index in [1.54, 1.807) is 30.6 Å². The van der Waals surface area contributed by atoms with Gasteiger partial charge in [-0.2, -0.15) is 5.10 Å². The minimum absolute atomic E-state index is 0.181. The quantitative estimate of drug-likeness (QED) is 0.167. The summed E-state index contributed by atoms with van der Waals surface area (Å²) in [6.45, 7) is 7.87. The standard InChI is InChI=1S/C31H29FN6O/c1-3-19(15-22(4-2)39-23-9-12-33-13-10-23)27-16-25-29(18-35-27)37-38-31(25)28-17-24-26(36-28)11-14-34-30(24)20-5-7-21(32)8-6-20/h3-8,11,14-18,23,33,36H,2,9-10,12-13H2,1H3,(H,37,38)/b19-3+,22-15+. The Morgan fingerprint density at radius 3 is 2.59 bits per heavy atom. The molecule has 0 saturated carbocycles. The zero-order valence-corrected chi connectivity index (χ0v) is 21.7. The van der Waals surface area contributed by atoms with Gasteiger partial charge in [-0.05, 0) is 93.0 Å². The number of ether oxygens (including phenoxy) is 1. The highest BCUT2D eigenvalue weighted by Gasteiger charge is 2.17. The molecular weight excluding hydrogens is 491 g/mol. The molecule has 1 aliphatic rings. The third-order valence-corrected chi connectivity index (χ3v) is 7.06. The van der Waals surface area contributed by atoms with Gasteiger partial charge in [0.25, 0.3) is 0 Å². The number of piperidine rings is 1. The second-order valence-corrected chi connectivity index (χ2v) is 9.56. The summed E-state index contributed by atoms with van der Waals surface area (Å²) in [5, 5.41) is 13.0. The highest BCUT2D eigenvalue weighted by atomic mass is 19.1. The molecule has 5 heterocycles. The van der Waals surface area contributed by atoms with Crippen molar-refractivity contribution in [1.82, 2.24) is 30.5 Å². The number of nitrogens with one attached hydrogen (secondary N) is 3. The molecule has 39 heavy (non-hydrogen) atoms. The van der Waals surface area contributed by atoms with E-state index in [1.165, 1.54) is 12.1 Å². The van der Waals surface area contributed by atoms with Gasteiger partial charge in [0.15, 0.2) is 0 Å². The van der Waals surface area contributed by atoms with E-state index >= 15 is 0 Å². The number of aromatic nitrogens is 5. The average molecular weight is 521 g/mol. The number of hydrogen-bond acceptors (Lipinski definition) is 5. The molecule has 5 aromatic rings. The van der Waals surface area contributed by atoms with Crippen LogP contribution >= 0.6 is 0 Å². The summed E-state index contributed by atoms with van der Waals surface area (Å²) in [5.74, 6) is 0.460. The molecule has 7 nitrogen and oxygen atoms in total. The number of hydrogen-bond donors (Lipinski definition) is 3. The zero-order valence-electron chi connectivity index (χ0n) is 21.7. The molecule has 4 aromatic heterocycles. The number of fused-ring (bicyclic) bond motifs is 2. The molecule has 1 aromatic carbocycles. The summed E-state index contributed by atoms with van der Waals surface area (Å²) >= 11 is 0. The van der Waals surface area contributed by atoms with Crippen LogP contribution in [0.15, 0.2) is 85.4 Å². The maximum absolute atomic E-state index is 13.5. The number of benzene rings is 1.